The van der Waals surface area contributed by atoms with Crippen LogP contribution in [0, 0.1) is 13.8 Å². The Bertz CT molecular complexity index is 1370. The molecule has 3 aromatic carbocycles. The molecular weight excluding hydrogens is 408 g/mol. The number of benzene rings is 3. The number of carbonyl (C=O) groups excluding carboxylic acids is 1. The van der Waals surface area contributed by atoms with Gasteiger partial charge in [-0.15, -0.1) is 0 Å². The van der Waals surface area contributed by atoms with Crippen molar-refractivity contribution in [3.63, 3.8) is 0 Å². The molecule has 6 heteroatoms. The summed E-state index contributed by atoms with van der Waals surface area (Å²) in [6, 6.07) is 17.3. The number of carbonyl (C=O) groups is 1. The minimum atomic E-state index is -0.710. The first-order chi connectivity index (χ1) is 15.4. The maximum absolute atomic E-state index is 13.3. The van der Waals surface area contributed by atoms with Gasteiger partial charge in [0.25, 0.3) is 0 Å². The predicted octanol–water partition coefficient (Wildman–Crippen LogP) is 5.31. The SMILES string of the molecule is COc1ccc(C(=O)Oc2c(-c3ccc(C)cc3)oc3cc(C)ccc3c2=O)cc1OC. The van der Waals surface area contributed by atoms with E-state index in [9.17, 15) is 9.59 Å². The molecule has 0 aliphatic carbocycles. The average molecular weight is 430 g/mol. The molecule has 4 rings (SSSR count). The van der Waals surface area contributed by atoms with Gasteiger partial charge < -0.3 is 18.6 Å². The smallest absolute Gasteiger partial charge is 0.343 e. The maximum atomic E-state index is 13.3. The molecule has 32 heavy (non-hydrogen) atoms. The quantitative estimate of drug-likeness (QED) is 0.399. The van der Waals surface area contributed by atoms with Crippen molar-refractivity contribution < 1.29 is 23.4 Å². The van der Waals surface area contributed by atoms with E-state index < -0.39 is 11.4 Å². The molecule has 0 saturated heterocycles. The predicted molar refractivity (Wildman–Crippen MR) is 122 cm³/mol. The Morgan fingerprint density at radius 3 is 2.19 bits per heavy atom. The van der Waals surface area contributed by atoms with Gasteiger partial charge in [-0.3, -0.25) is 4.79 Å². The van der Waals surface area contributed by atoms with Gasteiger partial charge in [-0.25, -0.2) is 4.79 Å². The summed E-state index contributed by atoms with van der Waals surface area (Å²) in [5.41, 5.74) is 2.85. The van der Waals surface area contributed by atoms with E-state index in [1.165, 1.54) is 20.3 Å². The van der Waals surface area contributed by atoms with Gasteiger partial charge in [-0.1, -0.05) is 35.9 Å². The van der Waals surface area contributed by atoms with Gasteiger partial charge in [0.2, 0.25) is 11.2 Å². The molecule has 1 aromatic heterocycles. The van der Waals surface area contributed by atoms with Crippen molar-refractivity contribution in [2.75, 3.05) is 14.2 Å². The molecule has 0 aliphatic heterocycles. The van der Waals surface area contributed by atoms with Crippen LogP contribution >= 0.6 is 0 Å². The number of aryl methyl sites for hydroxylation is 2. The molecule has 0 spiro atoms. The summed E-state index contributed by atoms with van der Waals surface area (Å²) in [5.74, 6) is 0.178. The zero-order chi connectivity index (χ0) is 22.8. The van der Waals surface area contributed by atoms with Crippen molar-refractivity contribution in [3.05, 3.63) is 87.6 Å². The summed E-state index contributed by atoms with van der Waals surface area (Å²) < 4.78 is 22.2. The molecule has 0 atom stereocenters. The second-order valence-corrected chi connectivity index (χ2v) is 7.41. The van der Waals surface area contributed by atoms with E-state index >= 15 is 0 Å². The first kappa shape index (κ1) is 21.2. The fourth-order valence-corrected chi connectivity index (χ4v) is 3.39. The number of hydrogen-bond acceptors (Lipinski definition) is 6. The molecule has 0 radical (unpaired) electrons. The van der Waals surface area contributed by atoms with Crippen LogP contribution in [0.2, 0.25) is 0 Å². The van der Waals surface area contributed by atoms with E-state index in [0.717, 1.165) is 11.1 Å². The van der Waals surface area contributed by atoms with E-state index in [4.69, 9.17) is 18.6 Å². The van der Waals surface area contributed by atoms with Crippen LogP contribution in [0.1, 0.15) is 21.5 Å². The van der Waals surface area contributed by atoms with Crippen molar-refractivity contribution >= 4 is 16.9 Å². The fraction of sp³-hybridized carbons (Fsp3) is 0.154. The Labute approximate surface area is 185 Å². The third-order valence-electron chi connectivity index (χ3n) is 5.13. The van der Waals surface area contributed by atoms with Gasteiger partial charge in [-0.2, -0.15) is 0 Å². The third kappa shape index (κ3) is 3.95. The Hall–Kier alpha value is -4.06. The lowest BCUT2D eigenvalue weighted by Crippen LogP contribution is -2.16. The largest absolute Gasteiger partial charge is 0.493 e. The van der Waals surface area contributed by atoms with Crippen LogP contribution in [0.4, 0.5) is 0 Å². The van der Waals surface area contributed by atoms with Crippen LogP contribution in [0.25, 0.3) is 22.3 Å². The Kier molecular flexibility index (Phi) is 5.69. The lowest BCUT2D eigenvalue weighted by molar-refractivity contribution is 0.0731. The number of hydrogen-bond donors (Lipinski definition) is 0. The van der Waals surface area contributed by atoms with E-state index in [2.05, 4.69) is 0 Å². The van der Waals surface area contributed by atoms with Crippen LogP contribution in [0.5, 0.6) is 17.2 Å². The third-order valence-corrected chi connectivity index (χ3v) is 5.13. The monoisotopic (exact) mass is 430 g/mol. The molecular formula is C26H22O6. The first-order valence-corrected chi connectivity index (χ1v) is 10.00. The van der Waals surface area contributed by atoms with Crippen LogP contribution in [0.3, 0.4) is 0 Å². The molecule has 0 saturated carbocycles. The van der Waals surface area contributed by atoms with Gasteiger partial charge in [0.05, 0.1) is 25.2 Å². The van der Waals surface area contributed by atoms with E-state index in [1.54, 1.807) is 24.3 Å². The van der Waals surface area contributed by atoms with Crippen molar-refractivity contribution in [1.82, 2.24) is 0 Å². The zero-order valence-electron chi connectivity index (χ0n) is 18.2. The van der Waals surface area contributed by atoms with Gasteiger partial charge in [0.15, 0.2) is 17.3 Å². The molecule has 0 N–H and O–H groups in total. The summed E-state index contributed by atoms with van der Waals surface area (Å²) in [4.78, 5) is 26.3. The summed E-state index contributed by atoms with van der Waals surface area (Å²) >= 11 is 0. The number of ether oxygens (including phenoxy) is 3. The van der Waals surface area contributed by atoms with Crippen molar-refractivity contribution in [3.8, 4) is 28.6 Å². The van der Waals surface area contributed by atoms with Gasteiger partial charge in [-0.05, 0) is 49.7 Å². The standard InChI is InChI=1S/C26H22O6/c1-15-5-8-17(9-6-15)24-25(23(27)19-11-7-16(2)13-21(19)31-24)32-26(28)18-10-12-20(29-3)22(14-18)30-4/h5-14H,1-4H3. The highest BCUT2D eigenvalue weighted by Gasteiger charge is 2.22. The summed E-state index contributed by atoms with van der Waals surface area (Å²) in [5, 5.41) is 0.335. The molecule has 0 unspecified atom stereocenters. The second-order valence-electron chi connectivity index (χ2n) is 7.41. The highest BCUT2D eigenvalue weighted by atomic mass is 16.5. The number of esters is 1. The van der Waals surface area contributed by atoms with Crippen LogP contribution < -0.4 is 19.6 Å². The molecule has 162 valence electrons. The van der Waals surface area contributed by atoms with Crippen molar-refractivity contribution in [2.45, 2.75) is 13.8 Å². The van der Waals surface area contributed by atoms with E-state index in [0.29, 0.717) is 28.0 Å². The molecule has 4 aromatic rings. The van der Waals surface area contributed by atoms with Gasteiger partial charge in [0.1, 0.15) is 5.58 Å². The van der Waals surface area contributed by atoms with Crippen LogP contribution in [0.15, 0.2) is 69.9 Å². The average Bonchev–Trinajstić information content (AvgIpc) is 2.80. The minimum absolute atomic E-state index is 0.162. The minimum Gasteiger partial charge on any atom is -0.493 e. The zero-order valence-corrected chi connectivity index (χ0v) is 18.2. The fourth-order valence-electron chi connectivity index (χ4n) is 3.39. The normalized spacial score (nSPS) is 10.8. The highest BCUT2D eigenvalue weighted by Crippen LogP contribution is 2.33. The van der Waals surface area contributed by atoms with E-state index in [-0.39, 0.29) is 17.1 Å². The number of methoxy groups -OCH3 is 2. The molecule has 0 amide bonds. The Morgan fingerprint density at radius 2 is 1.50 bits per heavy atom. The maximum Gasteiger partial charge on any atom is 0.343 e. The highest BCUT2D eigenvalue weighted by molar-refractivity contribution is 5.93. The Balaban J connectivity index is 1.85. The summed E-state index contributed by atoms with van der Waals surface area (Å²) in [6.07, 6.45) is 0. The summed E-state index contributed by atoms with van der Waals surface area (Å²) in [6.45, 7) is 3.87. The lowest BCUT2D eigenvalue weighted by atomic mass is 10.1. The topological polar surface area (TPSA) is 75.0 Å². The summed E-state index contributed by atoms with van der Waals surface area (Å²) in [7, 11) is 2.98. The van der Waals surface area contributed by atoms with Crippen molar-refractivity contribution in [1.29, 1.82) is 0 Å². The second kappa shape index (κ2) is 8.59. The number of rotatable bonds is 5. The van der Waals surface area contributed by atoms with Gasteiger partial charge in [0, 0.05) is 5.56 Å². The van der Waals surface area contributed by atoms with E-state index in [1.807, 2.05) is 44.2 Å². The molecule has 0 bridgehead atoms. The van der Waals surface area contributed by atoms with Crippen LogP contribution in [-0.4, -0.2) is 20.2 Å². The molecule has 0 fully saturated rings. The molecule has 0 aliphatic rings. The number of fused-ring (bicyclic) bond motifs is 1. The molecule has 6 nitrogen and oxygen atoms in total. The van der Waals surface area contributed by atoms with Crippen molar-refractivity contribution in [2.24, 2.45) is 0 Å². The Morgan fingerprint density at radius 1 is 0.812 bits per heavy atom. The lowest BCUT2D eigenvalue weighted by Gasteiger charge is -2.12. The van der Waals surface area contributed by atoms with Gasteiger partial charge >= 0.3 is 5.97 Å². The molecule has 1 heterocycles. The van der Waals surface area contributed by atoms with Crippen LogP contribution in [-0.2, 0) is 0 Å². The first-order valence-electron chi connectivity index (χ1n) is 10.00.